The van der Waals surface area contributed by atoms with Gasteiger partial charge in [0, 0.05) is 11.4 Å². The third-order valence-corrected chi connectivity index (χ3v) is 5.86. The molecule has 0 spiro atoms. The lowest BCUT2D eigenvalue weighted by Crippen LogP contribution is -2.13. The van der Waals surface area contributed by atoms with Gasteiger partial charge in [0.15, 0.2) is 0 Å². The molecule has 1 nitrogen and oxygen atoms in total. The number of para-hydroxylation sites is 1. The van der Waals surface area contributed by atoms with Crippen LogP contribution in [0.2, 0.25) is 0 Å². The molecule has 0 aliphatic heterocycles. The summed E-state index contributed by atoms with van der Waals surface area (Å²) in [7, 11) is 0. The molecule has 0 N–H and O–H groups in total. The molecule has 164 valence electrons. The number of rotatable bonds is 7. The van der Waals surface area contributed by atoms with Crippen LogP contribution in [-0.2, 0) is 6.42 Å². The zero-order valence-electron chi connectivity index (χ0n) is 19.7. The van der Waals surface area contributed by atoms with Crippen LogP contribution in [0.15, 0.2) is 109 Å². The van der Waals surface area contributed by atoms with Crippen LogP contribution in [0, 0.1) is 13.8 Å². The van der Waals surface area contributed by atoms with Crippen molar-refractivity contribution in [2.75, 3.05) is 4.90 Å². The van der Waals surface area contributed by atoms with E-state index in [0.717, 1.165) is 6.42 Å². The summed E-state index contributed by atoms with van der Waals surface area (Å²) in [5, 5.41) is 0. The van der Waals surface area contributed by atoms with Crippen LogP contribution in [0.25, 0.3) is 12.2 Å². The molecule has 0 bridgehead atoms. The number of hydrogen-bond donors (Lipinski definition) is 0. The highest BCUT2D eigenvalue weighted by atomic mass is 15.1. The first-order chi connectivity index (χ1) is 16.2. The first-order valence-electron chi connectivity index (χ1n) is 11.6. The molecule has 0 aliphatic rings. The topological polar surface area (TPSA) is 3.24 Å². The first-order valence-corrected chi connectivity index (χ1v) is 11.6. The van der Waals surface area contributed by atoms with E-state index < -0.39 is 0 Å². The van der Waals surface area contributed by atoms with E-state index in [9.17, 15) is 0 Å². The molecule has 0 saturated carbocycles. The van der Waals surface area contributed by atoms with Gasteiger partial charge in [-0.1, -0.05) is 110 Å². The smallest absolute Gasteiger partial charge is 0.0522 e. The Labute approximate surface area is 198 Å². The molecule has 0 aliphatic carbocycles. The van der Waals surface area contributed by atoms with E-state index >= 15 is 0 Å². The van der Waals surface area contributed by atoms with E-state index in [1.807, 2.05) is 6.07 Å². The molecule has 0 unspecified atom stereocenters. The van der Waals surface area contributed by atoms with Gasteiger partial charge in [-0.15, -0.1) is 0 Å². The van der Waals surface area contributed by atoms with Crippen LogP contribution >= 0.6 is 0 Å². The summed E-state index contributed by atoms with van der Waals surface area (Å²) in [6.07, 6.45) is 9.44. The number of anilines is 3. The second-order valence-electron chi connectivity index (χ2n) is 8.33. The average molecular weight is 430 g/mol. The quantitative estimate of drug-likeness (QED) is 0.265. The Morgan fingerprint density at radius 2 is 1.18 bits per heavy atom. The van der Waals surface area contributed by atoms with Crippen molar-refractivity contribution in [1.82, 2.24) is 0 Å². The number of hydrogen-bond acceptors (Lipinski definition) is 1. The number of nitrogens with zero attached hydrogens (tertiary/aromatic N) is 1. The van der Waals surface area contributed by atoms with Crippen molar-refractivity contribution in [2.45, 2.75) is 27.2 Å². The molecular formula is C32H31N. The Bertz CT molecular complexity index is 1230. The maximum absolute atomic E-state index is 2.39. The lowest BCUT2D eigenvalue weighted by Gasteiger charge is -2.29. The molecule has 33 heavy (non-hydrogen) atoms. The summed E-state index contributed by atoms with van der Waals surface area (Å²) in [5.74, 6) is 0. The third-order valence-electron chi connectivity index (χ3n) is 5.86. The fraction of sp³-hybridized carbons (Fsp3) is 0.125. The summed E-state index contributed by atoms with van der Waals surface area (Å²) in [5.41, 5.74) is 9.91. The SMILES string of the molecule is CCc1cccc(C)c1N(c1ccc(C)cc1)c1ccc(/C=C/C=C/c2ccccc2)cc1. The van der Waals surface area contributed by atoms with E-state index in [-0.39, 0.29) is 0 Å². The Kier molecular flexibility index (Phi) is 7.22. The monoisotopic (exact) mass is 429 g/mol. The summed E-state index contributed by atoms with van der Waals surface area (Å²) in [4.78, 5) is 2.39. The molecule has 0 atom stereocenters. The molecular weight excluding hydrogens is 398 g/mol. The van der Waals surface area contributed by atoms with Gasteiger partial charge in [-0.05, 0) is 66.8 Å². The zero-order valence-corrected chi connectivity index (χ0v) is 19.7. The molecule has 1 heteroatoms. The van der Waals surface area contributed by atoms with Gasteiger partial charge >= 0.3 is 0 Å². The standard InChI is InChI=1S/C32H31N/c1-4-29-16-10-11-26(3)32(29)33(30-21-17-25(2)18-22-30)31-23-19-28(20-24-31)15-9-8-14-27-12-6-5-7-13-27/h5-24H,4H2,1-3H3/b14-8+,15-9+. The highest BCUT2D eigenvalue weighted by Gasteiger charge is 2.17. The molecule has 0 aromatic heterocycles. The van der Waals surface area contributed by atoms with Crippen LogP contribution in [0.3, 0.4) is 0 Å². The summed E-state index contributed by atoms with van der Waals surface area (Å²) in [6.45, 7) is 6.56. The van der Waals surface area contributed by atoms with Gasteiger partial charge in [-0.2, -0.15) is 0 Å². The minimum atomic E-state index is 0.994. The molecule has 0 amide bonds. The van der Waals surface area contributed by atoms with Crippen molar-refractivity contribution < 1.29 is 0 Å². The molecule has 4 rings (SSSR count). The second kappa shape index (κ2) is 10.7. The summed E-state index contributed by atoms with van der Waals surface area (Å²) >= 11 is 0. The maximum atomic E-state index is 2.39. The number of allylic oxidation sites excluding steroid dienone is 2. The fourth-order valence-electron chi connectivity index (χ4n) is 4.06. The predicted molar refractivity (Wildman–Crippen MR) is 144 cm³/mol. The Morgan fingerprint density at radius 3 is 1.79 bits per heavy atom. The van der Waals surface area contributed by atoms with Gasteiger partial charge in [0.25, 0.3) is 0 Å². The minimum absolute atomic E-state index is 0.994. The highest BCUT2D eigenvalue weighted by Crippen LogP contribution is 2.39. The molecule has 0 saturated heterocycles. The van der Waals surface area contributed by atoms with Crippen molar-refractivity contribution in [1.29, 1.82) is 0 Å². The van der Waals surface area contributed by atoms with Crippen molar-refractivity contribution in [2.24, 2.45) is 0 Å². The number of aryl methyl sites for hydroxylation is 3. The summed E-state index contributed by atoms with van der Waals surface area (Å²) < 4.78 is 0. The molecule has 4 aromatic rings. The minimum Gasteiger partial charge on any atom is -0.310 e. The predicted octanol–water partition coefficient (Wildman–Crippen LogP) is 9.06. The van der Waals surface area contributed by atoms with E-state index in [2.05, 4.69) is 141 Å². The van der Waals surface area contributed by atoms with Gasteiger partial charge in [-0.3, -0.25) is 0 Å². The molecule has 0 fully saturated rings. The fourth-order valence-corrected chi connectivity index (χ4v) is 4.06. The molecule has 4 aromatic carbocycles. The lowest BCUT2D eigenvalue weighted by atomic mass is 10.0. The van der Waals surface area contributed by atoms with Gasteiger partial charge in [-0.25, -0.2) is 0 Å². The Hall–Kier alpha value is -3.84. The largest absolute Gasteiger partial charge is 0.310 e. The number of benzene rings is 4. The molecule has 0 radical (unpaired) electrons. The van der Waals surface area contributed by atoms with Gasteiger partial charge in [0.1, 0.15) is 0 Å². The zero-order chi connectivity index (χ0) is 23.0. The van der Waals surface area contributed by atoms with Crippen molar-refractivity contribution in [3.63, 3.8) is 0 Å². The van der Waals surface area contributed by atoms with Crippen LogP contribution in [-0.4, -0.2) is 0 Å². The second-order valence-corrected chi connectivity index (χ2v) is 8.33. The van der Waals surface area contributed by atoms with Crippen molar-refractivity contribution in [3.8, 4) is 0 Å². The van der Waals surface area contributed by atoms with E-state index in [1.165, 1.54) is 44.9 Å². The van der Waals surface area contributed by atoms with E-state index in [0.29, 0.717) is 0 Å². The molecule has 0 heterocycles. The first kappa shape index (κ1) is 22.4. The van der Waals surface area contributed by atoms with Crippen LogP contribution in [0.5, 0.6) is 0 Å². The van der Waals surface area contributed by atoms with Crippen molar-refractivity contribution in [3.05, 3.63) is 137 Å². The van der Waals surface area contributed by atoms with Gasteiger partial charge in [0.05, 0.1) is 5.69 Å². The lowest BCUT2D eigenvalue weighted by molar-refractivity contribution is 1.10. The highest BCUT2D eigenvalue weighted by molar-refractivity contribution is 5.81. The maximum Gasteiger partial charge on any atom is 0.0522 e. The summed E-state index contributed by atoms with van der Waals surface area (Å²) in [6, 6.07) is 34.5. The van der Waals surface area contributed by atoms with Crippen LogP contribution in [0.4, 0.5) is 17.1 Å². The van der Waals surface area contributed by atoms with Crippen molar-refractivity contribution >= 4 is 29.2 Å². The van der Waals surface area contributed by atoms with Gasteiger partial charge < -0.3 is 4.90 Å². The third kappa shape index (κ3) is 5.51. The van der Waals surface area contributed by atoms with E-state index in [1.54, 1.807) is 0 Å². The van der Waals surface area contributed by atoms with E-state index in [4.69, 9.17) is 0 Å². The normalized spacial score (nSPS) is 11.4. The van der Waals surface area contributed by atoms with Crippen LogP contribution < -0.4 is 4.90 Å². The average Bonchev–Trinajstić information content (AvgIpc) is 2.85. The Morgan fingerprint density at radius 1 is 0.606 bits per heavy atom. The van der Waals surface area contributed by atoms with Gasteiger partial charge in [0.2, 0.25) is 0 Å². The Balaban J connectivity index is 1.65. The van der Waals surface area contributed by atoms with Crippen LogP contribution in [0.1, 0.15) is 34.7 Å².